The standard InChI is InChI=1S/C26H27Cl2N3O3S/c1-16-8-10-17(11-9-16)23(25(32)29-18-6-4-3-5-7-18)31(19-12-14-20(34-2)15-13-19)26(33)22-21(27)24(28)35-30-22/h8-15,18,23H,3-7H2,1-2H3,(H,29,32)/t23-/m0/s1. The molecule has 1 fully saturated rings. The van der Waals surface area contributed by atoms with E-state index < -0.39 is 11.9 Å². The largest absolute Gasteiger partial charge is 0.497 e. The fourth-order valence-corrected chi connectivity index (χ4v) is 5.31. The maximum Gasteiger partial charge on any atom is 0.280 e. The number of hydrogen-bond donors (Lipinski definition) is 1. The number of nitrogens with one attached hydrogen (secondary N) is 1. The molecule has 1 aliphatic rings. The van der Waals surface area contributed by atoms with Gasteiger partial charge < -0.3 is 10.1 Å². The van der Waals surface area contributed by atoms with Crippen LogP contribution in [0.3, 0.4) is 0 Å². The summed E-state index contributed by atoms with van der Waals surface area (Å²) in [6.07, 6.45) is 5.18. The fraction of sp³-hybridized carbons (Fsp3) is 0.346. The minimum atomic E-state index is -0.935. The van der Waals surface area contributed by atoms with Crippen molar-refractivity contribution in [3.63, 3.8) is 0 Å². The van der Waals surface area contributed by atoms with Crippen molar-refractivity contribution in [2.24, 2.45) is 0 Å². The van der Waals surface area contributed by atoms with Gasteiger partial charge in [0.15, 0.2) is 5.69 Å². The molecule has 35 heavy (non-hydrogen) atoms. The van der Waals surface area contributed by atoms with Gasteiger partial charge in [0.05, 0.1) is 7.11 Å². The molecule has 1 aliphatic carbocycles. The Morgan fingerprint density at radius 3 is 2.29 bits per heavy atom. The lowest BCUT2D eigenvalue weighted by Gasteiger charge is -2.33. The fourth-order valence-electron chi connectivity index (χ4n) is 4.33. The van der Waals surface area contributed by atoms with Gasteiger partial charge in [0.1, 0.15) is 21.2 Å². The summed E-state index contributed by atoms with van der Waals surface area (Å²) in [6, 6.07) is 13.7. The van der Waals surface area contributed by atoms with Gasteiger partial charge in [-0.1, -0.05) is 72.3 Å². The molecule has 2 aromatic carbocycles. The summed E-state index contributed by atoms with van der Waals surface area (Å²) in [5.41, 5.74) is 2.27. The van der Waals surface area contributed by atoms with E-state index in [-0.39, 0.29) is 27.0 Å². The van der Waals surface area contributed by atoms with E-state index in [0.29, 0.717) is 17.0 Å². The Hall–Kier alpha value is -2.61. The van der Waals surface area contributed by atoms with Crippen LogP contribution in [-0.2, 0) is 4.79 Å². The molecule has 0 unspecified atom stereocenters. The molecule has 0 spiro atoms. The molecule has 6 nitrogen and oxygen atoms in total. The maximum atomic E-state index is 13.9. The second-order valence-electron chi connectivity index (χ2n) is 8.65. The molecule has 1 saturated carbocycles. The molecule has 3 aromatic rings. The summed E-state index contributed by atoms with van der Waals surface area (Å²) in [4.78, 5) is 29.2. The van der Waals surface area contributed by atoms with Crippen molar-refractivity contribution in [2.45, 2.75) is 51.1 Å². The Labute approximate surface area is 219 Å². The van der Waals surface area contributed by atoms with Gasteiger partial charge in [-0.25, -0.2) is 0 Å². The lowest BCUT2D eigenvalue weighted by atomic mass is 9.94. The minimum absolute atomic E-state index is 0.0139. The summed E-state index contributed by atoms with van der Waals surface area (Å²) >= 11 is 13.4. The van der Waals surface area contributed by atoms with Gasteiger partial charge in [0, 0.05) is 11.7 Å². The SMILES string of the molecule is COc1ccc(N(C(=O)c2nsc(Cl)c2Cl)[C@H](C(=O)NC2CCCCC2)c2ccc(C)cc2)cc1. The number of amides is 2. The number of aryl methyl sites for hydroxylation is 1. The van der Waals surface area contributed by atoms with Crippen LogP contribution in [0.4, 0.5) is 5.69 Å². The molecule has 1 N–H and O–H groups in total. The normalized spacial score (nSPS) is 14.9. The minimum Gasteiger partial charge on any atom is -0.497 e. The predicted molar refractivity (Wildman–Crippen MR) is 141 cm³/mol. The molecule has 1 aromatic heterocycles. The van der Waals surface area contributed by atoms with E-state index in [1.54, 1.807) is 31.4 Å². The Morgan fingerprint density at radius 2 is 1.71 bits per heavy atom. The molecule has 4 rings (SSSR count). The van der Waals surface area contributed by atoms with Crippen molar-refractivity contribution in [3.8, 4) is 5.75 Å². The van der Waals surface area contributed by atoms with Crippen LogP contribution >= 0.6 is 34.7 Å². The van der Waals surface area contributed by atoms with Crippen LogP contribution in [0.5, 0.6) is 5.75 Å². The first-order valence-electron chi connectivity index (χ1n) is 11.5. The average molecular weight is 532 g/mol. The highest BCUT2D eigenvalue weighted by molar-refractivity contribution is 7.11. The maximum absolute atomic E-state index is 13.9. The lowest BCUT2D eigenvalue weighted by Crippen LogP contribution is -2.47. The van der Waals surface area contributed by atoms with Gasteiger partial charge in [-0.05, 0) is 61.1 Å². The number of carbonyl (C=O) groups excluding carboxylic acids is 2. The van der Waals surface area contributed by atoms with Gasteiger partial charge in [-0.2, -0.15) is 4.37 Å². The van der Waals surface area contributed by atoms with Crippen molar-refractivity contribution in [1.82, 2.24) is 9.69 Å². The Bertz CT molecular complexity index is 1180. The Kier molecular flexibility index (Phi) is 8.31. The zero-order valence-corrected chi connectivity index (χ0v) is 21.9. The molecule has 0 aliphatic heterocycles. The van der Waals surface area contributed by atoms with Crippen LogP contribution < -0.4 is 15.0 Å². The molecule has 0 saturated heterocycles. The first kappa shape index (κ1) is 25.5. The highest BCUT2D eigenvalue weighted by atomic mass is 35.5. The number of aromatic nitrogens is 1. The Balaban J connectivity index is 1.81. The average Bonchev–Trinajstić information content (AvgIpc) is 3.21. The lowest BCUT2D eigenvalue weighted by molar-refractivity contribution is -0.123. The second-order valence-corrected chi connectivity index (χ2v) is 10.4. The van der Waals surface area contributed by atoms with E-state index in [1.807, 2.05) is 31.2 Å². The third-order valence-electron chi connectivity index (χ3n) is 6.22. The quantitative estimate of drug-likeness (QED) is 0.372. The van der Waals surface area contributed by atoms with Crippen molar-refractivity contribution in [3.05, 3.63) is 74.7 Å². The summed E-state index contributed by atoms with van der Waals surface area (Å²) < 4.78 is 9.71. The number of carbonyl (C=O) groups is 2. The molecule has 1 heterocycles. The Morgan fingerprint density at radius 1 is 1.06 bits per heavy atom. The van der Waals surface area contributed by atoms with Crippen molar-refractivity contribution >= 4 is 52.2 Å². The smallest absolute Gasteiger partial charge is 0.280 e. The summed E-state index contributed by atoms with van der Waals surface area (Å²) in [7, 11) is 1.57. The van der Waals surface area contributed by atoms with Crippen LogP contribution in [0.15, 0.2) is 48.5 Å². The summed E-state index contributed by atoms with van der Waals surface area (Å²) in [6.45, 7) is 1.98. The van der Waals surface area contributed by atoms with Crippen LogP contribution in [0.1, 0.15) is 59.8 Å². The zero-order chi connectivity index (χ0) is 24.9. The number of rotatable bonds is 7. The zero-order valence-electron chi connectivity index (χ0n) is 19.6. The van der Waals surface area contributed by atoms with Gasteiger partial charge >= 0.3 is 0 Å². The van der Waals surface area contributed by atoms with Gasteiger partial charge in [-0.3, -0.25) is 14.5 Å². The van der Waals surface area contributed by atoms with Crippen LogP contribution in [0.2, 0.25) is 9.36 Å². The molecule has 1 atom stereocenters. The van der Waals surface area contributed by atoms with E-state index in [2.05, 4.69) is 9.69 Å². The molecule has 2 amide bonds. The number of halogens is 2. The van der Waals surface area contributed by atoms with E-state index >= 15 is 0 Å². The van der Waals surface area contributed by atoms with Gasteiger partial charge in [0.2, 0.25) is 5.91 Å². The highest BCUT2D eigenvalue weighted by Crippen LogP contribution is 2.36. The molecular formula is C26H27Cl2N3O3S. The van der Waals surface area contributed by atoms with Crippen LogP contribution in [0.25, 0.3) is 0 Å². The number of anilines is 1. The van der Waals surface area contributed by atoms with E-state index in [0.717, 1.165) is 42.8 Å². The van der Waals surface area contributed by atoms with Crippen molar-refractivity contribution in [1.29, 1.82) is 0 Å². The monoisotopic (exact) mass is 531 g/mol. The molecule has 0 radical (unpaired) electrons. The van der Waals surface area contributed by atoms with E-state index in [4.69, 9.17) is 27.9 Å². The highest BCUT2D eigenvalue weighted by Gasteiger charge is 2.36. The van der Waals surface area contributed by atoms with E-state index in [9.17, 15) is 9.59 Å². The second kappa shape index (κ2) is 11.4. The van der Waals surface area contributed by atoms with Crippen LogP contribution in [-0.4, -0.2) is 29.3 Å². The third-order valence-corrected chi connectivity index (χ3v) is 7.83. The number of ether oxygens (including phenoxy) is 1. The van der Waals surface area contributed by atoms with Gasteiger partial charge in [0.25, 0.3) is 5.91 Å². The van der Waals surface area contributed by atoms with Crippen molar-refractivity contribution in [2.75, 3.05) is 12.0 Å². The summed E-state index contributed by atoms with van der Waals surface area (Å²) in [5.74, 6) is -0.121. The number of methoxy groups -OCH3 is 1. The van der Waals surface area contributed by atoms with Gasteiger partial charge in [-0.15, -0.1) is 0 Å². The predicted octanol–water partition coefficient (Wildman–Crippen LogP) is 6.60. The van der Waals surface area contributed by atoms with Crippen LogP contribution in [0, 0.1) is 6.92 Å². The number of benzene rings is 2. The first-order chi connectivity index (χ1) is 16.9. The number of nitrogens with zero attached hydrogens (tertiary/aromatic N) is 2. The number of hydrogen-bond acceptors (Lipinski definition) is 5. The third kappa shape index (κ3) is 5.80. The molecule has 184 valence electrons. The van der Waals surface area contributed by atoms with E-state index in [1.165, 1.54) is 11.3 Å². The molecular weight excluding hydrogens is 505 g/mol. The first-order valence-corrected chi connectivity index (χ1v) is 13.1. The summed E-state index contributed by atoms with van der Waals surface area (Å²) in [5, 5.41) is 3.28. The molecule has 9 heteroatoms. The molecule has 0 bridgehead atoms. The van der Waals surface area contributed by atoms with Crippen molar-refractivity contribution < 1.29 is 14.3 Å². The topological polar surface area (TPSA) is 71.5 Å².